The van der Waals surface area contributed by atoms with Crippen LogP contribution in [0.3, 0.4) is 0 Å². The van der Waals surface area contributed by atoms with Gasteiger partial charge in [-0.2, -0.15) is 19.6 Å². The minimum Gasteiger partial charge on any atom is -0.721 e. The zero-order chi connectivity index (χ0) is 51.8. The number of carbonyl (C=O) groups excluding carboxylic acids is 4. The summed E-state index contributed by atoms with van der Waals surface area (Å²) in [6, 6.07) is 14.1. The van der Waals surface area contributed by atoms with Crippen LogP contribution in [0.4, 0.5) is 17.1 Å². The number of hydrogen-bond donors (Lipinski definition) is 0. The lowest BCUT2D eigenvalue weighted by molar-refractivity contribution is -0.708. The van der Waals surface area contributed by atoms with Crippen molar-refractivity contribution in [2.24, 2.45) is 0 Å². The molecule has 3 aromatic carbocycles. The lowest BCUT2D eigenvalue weighted by Crippen LogP contribution is -2.44. The lowest BCUT2D eigenvalue weighted by atomic mass is 9.86. The Morgan fingerprint density at radius 3 is 1.86 bits per heavy atom. The molecule has 0 amide bonds. The number of benzene rings is 3. The molecule has 3 heterocycles. The predicted molar refractivity (Wildman–Crippen MR) is 233 cm³/mol. The van der Waals surface area contributed by atoms with E-state index in [1.54, 1.807) is 54.3 Å². The standard InChI is InChI=1S/C48H52N4O21/c1-28-3-9-35(50(24-41(53)54)25-42(55)56)39(19-28)63-17-18-64-40-20-30(4-10-36(40)51(26-43(57)67-60)27-44(58)68-61)47-33-7-5-31(49(15-11-45-69-70-45)16-12-46-71-72-46)21-37(33)65-38-22-32(6-8-34(38)47)52(23-29(2)66-59)48(73-62)13-14-48/h3-10,19-22,31,45-46,59-62H,2,11-18,23-27H2,1H3,(H,53,54)(H,55,56)/p-6. The van der Waals surface area contributed by atoms with E-state index >= 15 is 0 Å². The van der Waals surface area contributed by atoms with Crippen molar-refractivity contribution in [2.45, 2.75) is 57.0 Å². The lowest BCUT2D eigenvalue weighted by Gasteiger charge is -2.38. The maximum absolute atomic E-state index is 12.4. The molecule has 1 saturated carbocycles. The fourth-order valence-electron chi connectivity index (χ4n) is 8.52. The first-order chi connectivity index (χ1) is 35.2. The highest BCUT2D eigenvalue weighted by molar-refractivity contribution is 5.93. The van der Waals surface area contributed by atoms with Gasteiger partial charge in [-0.3, -0.25) is 14.5 Å². The number of rotatable bonds is 29. The summed E-state index contributed by atoms with van der Waals surface area (Å²) >= 11 is 0. The number of fused-ring (bicyclic) bond motifs is 2. The van der Waals surface area contributed by atoms with Crippen LogP contribution in [-0.2, 0) is 58.3 Å². The van der Waals surface area contributed by atoms with Crippen molar-refractivity contribution in [3.63, 3.8) is 0 Å². The van der Waals surface area contributed by atoms with E-state index in [-0.39, 0.29) is 67.0 Å². The van der Waals surface area contributed by atoms with Gasteiger partial charge in [0, 0.05) is 54.4 Å². The van der Waals surface area contributed by atoms with Crippen LogP contribution in [0.5, 0.6) is 17.2 Å². The quantitative estimate of drug-likeness (QED) is 0.0170. The van der Waals surface area contributed by atoms with Gasteiger partial charge in [-0.1, -0.05) is 30.9 Å². The number of carboxylic acids is 2. The van der Waals surface area contributed by atoms with Gasteiger partial charge in [-0.25, -0.2) is 0 Å². The highest BCUT2D eigenvalue weighted by Crippen LogP contribution is 2.49. The highest BCUT2D eigenvalue weighted by Gasteiger charge is 2.48. The Morgan fingerprint density at radius 2 is 1.32 bits per heavy atom. The molecular formula is C48H46N4O21-6. The molecular weight excluding hydrogens is 969 g/mol. The van der Waals surface area contributed by atoms with Crippen LogP contribution in [0.2, 0.25) is 0 Å². The smallest absolute Gasteiger partial charge is 0.319 e. The molecule has 3 aliphatic heterocycles. The second-order valence-electron chi connectivity index (χ2n) is 17.3. The minimum atomic E-state index is -1.56. The Balaban J connectivity index is 1.19. The number of aryl methyl sites for hydroxylation is 1. The van der Waals surface area contributed by atoms with E-state index in [9.17, 15) is 50.4 Å². The van der Waals surface area contributed by atoms with Crippen molar-refractivity contribution >= 4 is 46.5 Å². The van der Waals surface area contributed by atoms with Crippen LogP contribution in [-0.4, -0.2) is 112 Å². The number of allylic oxidation sites excluding steroid dienone is 1. The van der Waals surface area contributed by atoms with Gasteiger partial charge in [0.1, 0.15) is 55.0 Å². The molecule has 0 bridgehead atoms. The normalized spacial score (nSPS) is 17.1. The molecule has 25 nitrogen and oxygen atoms in total. The molecule has 73 heavy (non-hydrogen) atoms. The number of ether oxygens (including phenoxy) is 3. The zero-order valence-corrected chi connectivity index (χ0v) is 38.9. The third-order valence-electron chi connectivity index (χ3n) is 12.2. The van der Waals surface area contributed by atoms with E-state index in [2.05, 4.69) is 31.0 Å². The third kappa shape index (κ3) is 13.0. The Morgan fingerprint density at radius 1 is 0.726 bits per heavy atom. The van der Waals surface area contributed by atoms with Crippen molar-refractivity contribution in [2.75, 3.05) is 73.7 Å². The minimum absolute atomic E-state index is 0.0137. The van der Waals surface area contributed by atoms with Crippen LogP contribution in [0.25, 0.3) is 5.57 Å². The van der Waals surface area contributed by atoms with Crippen molar-refractivity contribution in [1.82, 2.24) is 4.90 Å². The summed E-state index contributed by atoms with van der Waals surface area (Å²) in [5, 5.41) is 69.2. The molecule has 3 aromatic rings. The zero-order valence-electron chi connectivity index (χ0n) is 38.9. The predicted octanol–water partition coefficient (Wildman–Crippen LogP) is -2.73. The SMILES string of the molecule is C=C(CN(c1ccc2c(c1)OC1=CC(N(CCC3OO3)CCC3OO3)C=CC1=C2c1ccc(N(CC(=O)O[O-])CC(=O)O[O-])c(OCCOc2cc(C)ccc2N(CC(=O)[O-])CC(=O)[O-])c1)C1(O[O-])CC1)O[O-]. The number of nitrogens with zero attached hydrogens (tertiary/aromatic N) is 4. The van der Waals surface area contributed by atoms with Gasteiger partial charge >= 0.3 is 11.9 Å². The van der Waals surface area contributed by atoms with E-state index in [1.807, 2.05) is 18.2 Å². The van der Waals surface area contributed by atoms with Gasteiger partial charge in [-0.05, 0) is 73.4 Å². The van der Waals surface area contributed by atoms with Crippen LogP contribution in [0.1, 0.15) is 42.4 Å². The summed E-state index contributed by atoms with van der Waals surface area (Å²) in [5.74, 6) is -5.16. The van der Waals surface area contributed by atoms with Gasteiger partial charge in [0.25, 0.3) is 0 Å². The van der Waals surface area contributed by atoms with Crippen LogP contribution in [0.15, 0.2) is 96.5 Å². The summed E-state index contributed by atoms with van der Waals surface area (Å²) in [6.45, 7) is 2.47. The second kappa shape index (κ2) is 23.1. The summed E-state index contributed by atoms with van der Waals surface area (Å²) < 4.78 is 19.1. The van der Waals surface area contributed by atoms with Crippen molar-refractivity contribution < 1.29 is 104 Å². The maximum Gasteiger partial charge on any atom is 0.319 e. The number of aliphatic carboxylic acids is 2. The van der Waals surface area contributed by atoms with Gasteiger partial charge in [-0.15, -0.1) is 0 Å². The maximum atomic E-state index is 12.4. The molecule has 3 fully saturated rings. The van der Waals surface area contributed by atoms with Crippen molar-refractivity contribution in [3.8, 4) is 17.2 Å². The Kier molecular flexibility index (Phi) is 16.4. The first-order valence-corrected chi connectivity index (χ1v) is 22.7. The Hall–Kier alpha value is -7.30. The molecule has 1 unspecified atom stereocenters. The fraction of sp³-hybridized carbons (Fsp3) is 0.375. The molecule has 8 rings (SSSR count). The van der Waals surface area contributed by atoms with Gasteiger partial charge in [0.05, 0.1) is 54.7 Å². The molecule has 2 aliphatic carbocycles. The fourth-order valence-corrected chi connectivity index (χ4v) is 8.52. The molecule has 0 aromatic heterocycles. The van der Waals surface area contributed by atoms with Gasteiger partial charge in [0.15, 0.2) is 0 Å². The van der Waals surface area contributed by atoms with E-state index in [0.29, 0.717) is 83.8 Å². The highest BCUT2D eigenvalue weighted by atomic mass is 17.4. The Labute approximate surface area is 415 Å². The largest absolute Gasteiger partial charge is 0.721 e. The van der Waals surface area contributed by atoms with Gasteiger partial charge in [0.2, 0.25) is 12.6 Å². The molecule has 390 valence electrons. The molecule has 0 spiro atoms. The van der Waals surface area contributed by atoms with Crippen LogP contribution in [0, 0.1) is 6.92 Å². The molecule has 1 atom stereocenters. The number of carboxylic acid groups (broad SMARTS) is 2. The average Bonchev–Trinajstić information content (AvgIpc) is 4.24. The monoisotopic (exact) mass is 1010 g/mol. The van der Waals surface area contributed by atoms with Crippen LogP contribution >= 0.6 is 0 Å². The summed E-state index contributed by atoms with van der Waals surface area (Å²) in [6.07, 6.45) is 6.89. The molecule has 5 aliphatic rings. The van der Waals surface area contributed by atoms with Gasteiger partial charge < -0.3 is 89.3 Å². The first kappa shape index (κ1) is 52.0. The van der Waals surface area contributed by atoms with E-state index in [4.69, 9.17) is 33.8 Å². The first-order valence-electron chi connectivity index (χ1n) is 22.7. The summed E-state index contributed by atoms with van der Waals surface area (Å²) in [4.78, 5) is 90.0. The molecule has 25 heteroatoms. The number of anilines is 3. The second-order valence-corrected chi connectivity index (χ2v) is 17.3. The Bertz CT molecular complexity index is 2610. The average molecular weight is 1010 g/mol. The summed E-state index contributed by atoms with van der Waals surface area (Å²) in [5.41, 5.74) is 2.09. The number of hydrogen-bond acceptors (Lipinski definition) is 25. The molecule has 0 radical (unpaired) electrons. The van der Waals surface area contributed by atoms with Crippen LogP contribution < -0.4 is 60.2 Å². The van der Waals surface area contributed by atoms with E-state index in [1.165, 1.54) is 12.1 Å². The summed E-state index contributed by atoms with van der Waals surface area (Å²) in [7, 11) is 0. The van der Waals surface area contributed by atoms with Crippen molar-refractivity contribution in [1.29, 1.82) is 0 Å². The molecule has 2 saturated heterocycles. The van der Waals surface area contributed by atoms with Crippen molar-refractivity contribution in [3.05, 3.63) is 113 Å². The van der Waals surface area contributed by atoms with E-state index in [0.717, 1.165) is 9.80 Å². The molecule has 0 N–H and O–H groups in total. The number of carbonyl (C=O) groups is 4. The topological polar surface area (TPSA) is 334 Å². The van der Waals surface area contributed by atoms with E-state index < -0.39 is 55.8 Å². The third-order valence-corrected chi connectivity index (χ3v) is 12.2.